The predicted octanol–water partition coefficient (Wildman–Crippen LogP) is 3.84. The van der Waals surface area contributed by atoms with Crippen LogP contribution in [0, 0.1) is 5.92 Å². The first-order valence-electron chi connectivity index (χ1n) is 7.15. The molecular formula is C18H19NO. The van der Waals surface area contributed by atoms with Crippen molar-refractivity contribution in [1.82, 2.24) is 4.90 Å². The SMILES string of the molecule is CN(CC1CC1)C(=O)c1ccc(-c2ccccc2)cc1. The maximum absolute atomic E-state index is 12.3. The van der Waals surface area contributed by atoms with Gasteiger partial charge in [-0.25, -0.2) is 0 Å². The summed E-state index contributed by atoms with van der Waals surface area (Å²) in [6, 6.07) is 18.1. The van der Waals surface area contributed by atoms with Crippen LogP contribution in [0.3, 0.4) is 0 Å². The van der Waals surface area contributed by atoms with Crippen LogP contribution in [-0.2, 0) is 0 Å². The van der Waals surface area contributed by atoms with Gasteiger partial charge in [-0.3, -0.25) is 4.79 Å². The number of rotatable bonds is 4. The van der Waals surface area contributed by atoms with Crippen molar-refractivity contribution >= 4 is 5.91 Å². The molecule has 0 aliphatic heterocycles. The van der Waals surface area contributed by atoms with Crippen LogP contribution in [0.4, 0.5) is 0 Å². The van der Waals surface area contributed by atoms with Crippen LogP contribution < -0.4 is 0 Å². The van der Waals surface area contributed by atoms with E-state index in [4.69, 9.17) is 0 Å². The van der Waals surface area contributed by atoms with Crippen molar-refractivity contribution < 1.29 is 4.79 Å². The molecule has 2 heteroatoms. The maximum Gasteiger partial charge on any atom is 0.253 e. The molecule has 1 saturated carbocycles. The predicted molar refractivity (Wildman–Crippen MR) is 81.6 cm³/mol. The minimum atomic E-state index is 0.122. The van der Waals surface area contributed by atoms with Crippen LogP contribution in [0.1, 0.15) is 23.2 Å². The Bertz CT molecular complexity index is 585. The molecule has 0 spiro atoms. The second-order valence-corrected chi connectivity index (χ2v) is 5.57. The summed E-state index contributed by atoms with van der Waals surface area (Å²) in [5.41, 5.74) is 3.10. The number of hydrogen-bond donors (Lipinski definition) is 0. The van der Waals surface area contributed by atoms with E-state index in [1.54, 1.807) is 0 Å². The first-order valence-corrected chi connectivity index (χ1v) is 7.15. The highest BCUT2D eigenvalue weighted by molar-refractivity contribution is 5.94. The average Bonchev–Trinajstić information content (AvgIpc) is 3.31. The molecule has 0 radical (unpaired) electrons. The lowest BCUT2D eigenvalue weighted by Gasteiger charge is -2.17. The Hall–Kier alpha value is -2.09. The molecule has 1 fully saturated rings. The fourth-order valence-corrected chi connectivity index (χ4v) is 2.43. The van der Waals surface area contributed by atoms with Gasteiger partial charge in [-0.1, -0.05) is 42.5 Å². The molecule has 0 N–H and O–H groups in total. The Morgan fingerprint density at radius 3 is 2.20 bits per heavy atom. The van der Waals surface area contributed by atoms with Crippen LogP contribution >= 0.6 is 0 Å². The van der Waals surface area contributed by atoms with Crippen molar-refractivity contribution in [2.45, 2.75) is 12.8 Å². The van der Waals surface area contributed by atoms with Gasteiger partial charge in [-0.15, -0.1) is 0 Å². The standard InChI is InChI=1S/C18H19NO/c1-19(13-14-7-8-14)18(20)17-11-9-16(10-12-17)15-5-3-2-4-6-15/h2-6,9-12,14H,7-8,13H2,1H3. The minimum Gasteiger partial charge on any atom is -0.341 e. The maximum atomic E-state index is 12.3. The number of hydrogen-bond acceptors (Lipinski definition) is 1. The fraction of sp³-hybridized carbons (Fsp3) is 0.278. The number of carbonyl (C=O) groups is 1. The first kappa shape index (κ1) is 12.9. The molecule has 3 rings (SSSR count). The van der Waals surface area contributed by atoms with Crippen molar-refractivity contribution in [3.63, 3.8) is 0 Å². The number of nitrogens with zero attached hydrogens (tertiary/aromatic N) is 1. The van der Waals surface area contributed by atoms with Crippen LogP contribution in [0.15, 0.2) is 54.6 Å². The molecule has 0 saturated heterocycles. The highest BCUT2D eigenvalue weighted by Crippen LogP contribution is 2.29. The fourth-order valence-electron chi connectivity index (χ4n) is 2.43. The highest BCUT2D eigenvalue weighted by Gasteiger charge is 2.25. The van der Waals surface area contributed by atoms with Gasteiger partial charge in [0.1, 0.15) is 0 Å². The summed E-state index contributed by atoms with van der Waals surface area (Å²) in [4.78, 5) is 14.1. The van der Waals surface area contributed by atoms with E-state index in [1.807, 2.05) is 54.4 Å². The quantitative estimate of drug-likeness (QED) is 0.822. The molecule has 0 atom stereocenters. The summed E-state index contributed by atoms with van der Waals surface area (Å²) >= 11 is 0. The van der Waals surface area contributed by atoms with Gasteiger partial charge in [0, 0.05) is 19.2 Å². The topological polar surface area (TPSA) is 20.3 Å². The Morgan fingerprint density at radius 2 is 1.60 bits per heavy atom. The van der Waals surface area contributed by atoms with E-state index in [2.05, 4.69) is 12.1 Å². The lowest BCUT2D eigenvalue weighted by Crippen LogP contribution is -2.28. The van der Waals surface area contributed by atoms with Gasteiger partial charge in [0.15, 0.2) is 0 Å². The van der Waals surface area contributed by atoms with E-state index in [0.29, 0.717) is 0 Å². The molecular weight excluding hydrogens is 246 g/mol. The lowest BCUT2D eigenvalue weighted by molar-refractivity contribution is 0.0788. The zero-order valence-electron chi connectivity index (χ0n) is 11.8. The van der Waals surface area contributed by atoms with Crippen molar-refractivity contribution in [3.8, 4) is 11.1 Å². The smallest absolute Gasteiger partial charge is 0.253 e. The second-order valence-electron chi connectivity index (χ2n) is 5.57. The van der Waals surface area contributed by atoms with Gasteiger partial charge in [-0.05, 0) is 42.0 Å². The van der Waals surface area contributed by atoms with Crippen molar-refractivity contribution in [3.05, 3.63) is 60.2 Å². The van der Waals surface area contributed by atoms with Crippen molar-refractivity contribution in [1.29, 1.82) is 0 Å². The summed E-state index contributed by atoms with van der Waals surface area (Å²) in [7, 11) is 1.89. The molecule has 1 amide bonds. The summed E-state index contributed by atoms with van der Waals surface area (Å²) < 4.78 is 0. The van der Waals surface area contributed by atoms with Crippen LogP contribution in [0.5, 0.6) is 0 Å². The third kappa shape index (κ3) is 2.90. The number of amides is 1. The lowest BCUT2D eigenvalue weighted by atomic mass is 10.0. The van der Waals surface area contributed by atoms with E-state index in [9.17, 15) is 4.79 Å². The summed E-state index contributed by atoms with van der Waals surface area (Å²) in [5.74, 6) is 0.851. The van der Waals surface area contributed by atoms with Crippen LogP contribution in [0.25, 0.3) is 11.1 Å². The normalized spacial score (nSPS) is 14.1. The van der Waals surface area contributed by atoms with Gasteiger partial charge in [0.25, 0.3) is 5.91 Å². The molecule has 0 aromatic heterocycles. The molecule has 2 aromatic carbocycles. The third-order valence-corrected chi connectivity index (χ3v) is 3.81. The Balaban J connectivity index is 1.73. The molecule has 2 nitrogen and oxygen atoms in total. The zero-order chi connectivity index (χ0) is 13.9. The Morgan fingerprint density at radius 1 is 1.00 bits per heavy atom. The largest absolute Gasteiger partial charge is 0.341 e. The monoisotopic (exact) mass is 265 g/mol. The average molecular weight is 265 g/mol. The highest BCUT2D eigenvalue weighted by atomic mass is 16.2. The zero-order valence-corrected chi connectivity index (χ0v) is 11.8. The Labute approximate surface area is 120 Å². The Kier molecular flexibility index (Phi) is 3.55. The van der Waals surface area contributed by atoms with E-state index in [-0.39, 0.29) is 5.91 Å². The summed E-state index contributed by atoms with van der Waals surface area (Å²) in [6.45, 7) is 0.888. The van der Waals surface area contributed by atoms with Gasteiger partial charge in [0.2, 0.25) is 0 Å². The van der Waals surface area contributed by atoms with Crippen LogP contribution in [-0.4, -0.2) is 24.4 Å². The van der Waals surface area contributed by atoms with E-state index >= 15 is 0 Å². The molecule has 2 aromatic rings. The molecule has 0 bridgehead atoms. The second kappa shape index (κ2) is 5.49. The van der Waals surface area contributed by atoms with Crippen molar-refractivity contribution in [2.75, 3.05) is 13.6 Å². The summed E-state index contributed by atoms with van der Waals surface area (Å²) in [6.07, 6.45) is 2.54. The minimum absolute atomic E-state index is 0.122. The molecule has 1 aliphatic carbocycles. The van der Waals surface area contributed by atoms with Gasteiger partial charge in [0.05, 0.1) is 0 Å². The van der Waals surface area contributed by atoms with E-state index < -0.39 is 0 Å². The first-order chi connectivity index (χ1) is 9.74. The van der Waals surface area contributed by atoms with Gasteiger partial charge in [-0.2, -0.15) is 0 Å². The number of benzene rings is 2. The van der Waals surface area contributed by atoms with Gasteiger partial charge < -0.3 is 4.90 Å². The molecule has 0 heterocycles. The van der Waals surface area contributed by atoms with Crippen molar-refractivity contribution in [2.24, 2.45) is 5.92 Å². The van der Waals surface area contributed by atoms with Gasteiger partial charge >= 0.3 is 0 Å². The number of carbonyl (C=O) groups excluding carboxylic acids is 1. The van der Waals surface area contributed by atoms with E-state index in [0.717, 1.165) is 23.6 Å². The molecule has 20 heavy (non-hydrogen) atoms. The molecule has 1 aliphatic rings. The molecule has 102 valence electrons. The molecule has 0 unspecified atom stereocenters. The van der Waals surface area contributed by atoms with E-state index in [1.165, 1.54) is 18.4 Å². The van der Waals surface area contributed by atoms with Crippen LogP contribution in [0.2, 0.25) is 0 Å². The third-order valence-electron chi connectivity index (χ3n) is 3.81. The summed E-state index contributed by atoms with van der Waals surface area (Å²) in [5, 5.41) is 0.